The number of fused-ring (bicyclic) bond motifs is 1. The SMILES string of the molecule is Cc1sc2ncnc(Oc3c(F)c(F)cc(F)c3F)c2c1C. The third-order valence-corrected chi connectivity index (χ3v) is 4.32. The molecule has 2 heterocycles. The lowest BCUT2D eigenvalue weighted by atomic mass is 10.2. The molecule has 0 fully saturated rings. The molecule has 0 N–H and O–H groups in total. The summed E-state index contributed by atoms with van der Waals surface area (Å²) in [5.74, 6) is -7.64. The molecule has 2 aromatic heterocycles. The Morgan fingerprint density at radius 1 is 1.00 bits per heavy atom. The smallest absolute Gasteiger partial charge is 0.231 e. The van der Waals surface area contributed by atoms with Gasteiger partial charge in [-0.3, -0.25) is 0 Å². The Hall–Kier alpha value is -2.22. The molecule has 0 bridgehead atoms. The summed E-state index contributed by atoms with van der Waals surface area (Å²) >= 11 is 1.35. The van der Waals surface area contributed by atoms with Crippen molar-refractivity contribution in [1.82, 2.24) is 9.97 Å². The average molecular weight is 328 g/mol. The fourth-order valence-corrected chi connectivity index (χ4v) is 2.95. The van der Waals surface area contributed by atoms with Crippen LogP contribution < -0.4 is 4.74 Å². The van der Waals surface area contributed by atoms with Crippen LogP contribution in [-0.2, 0) is 0 Å². The molecule has 22 heavy (non-hydrogen) atoms. The Bertz CT molecular complexity index is 868. The predicted molar refractivity (Wildman–Crippen MR) is 73.2 cm³/mol. The highest BCUT2D eigenvalue weighted by molar-refractivity contribution is 7.18. The third-order valence-electron chi connectivity index (χ3n) is 3.20. The van der Waals surface area contributed by atoms with Crippen molar-refractivity contribution in [2.45, 2.75) is 13.8 Å². The number of hydrogen-bond donors (Lipinski definition) is 0. The maximum absolute atomic E-state index is 13.7. The van der Waals surface area contributed by atoms with Gasteiger partial charge in [0.05, 0.1) is 5.39 Å². The first-order valence-electron chi connectivity index (χ1n) is 6.11. The molecule has 114 valence electrons. The normalized spacial score (nSPS) is 11.2. The summed E-state index contributed by atoms with van der Waals surface area (Å²) < 4.78 is 58.9. The number of halogens is 4. The van der Waals surface area contributed by atoms with Gasteiger partial charge in [0.1, 0.15) is 11.2 Å². The van der Waals surface area contributed by atoms with Crippen LogP contribution in [0.5, 0.6) is 11.6 Å². The van der Waals surface area contributed by atoms with E-state index in [1.54, 1.807) is 6.92 Å². The fraction of sp³-hybridized carbons (Fsp3) is 0.143. The molecule has 3 aromatic rings. The number of nitrogens with zero attached hydrogens (tertiary/aromatic N) is 2. The molecule has 0 aliphatic heterocycles. The summed E-state index contributed by atoms with van der Waals surface area (Å²) in [7, 11) is 0. The Kier molecular flexibility index (Phi) is 3.48. The summed E-state index contributed by atoms with van der Waals surface area (Å²) in [4.78, 5) is 9.33. The van der Waals surface area contributed by atoms with Crippen molar-refractivity contribution >= 4 is 21.6 Å². The quantitative estimate of drug-likeness (QED) is 0.507. The zero-order chi connectivity index (χ0) is 16.0. The second-order valence-electron chi connectivity index (χ2n) is 4.54. The molecule has 1 aromatic carbocycles. The molecule has 3 rings (SSSR count). The van der Waals surface area contributed by atoms with Gasteiger partial charge in [-0.05, 0) is 19.4 Å². The first-order chi connectivity index (χ1) is 10.4. The number of ether oxygens (including phenoxy) is 1. The highest BCUT2D eigenvalue weighted by Gasteiger charge is 2.23. The molecule has 0 aliphatic carbocycles. The van der Waals surface area contributed by atoms with Crippen molar-refractivity contribution in [2.75, 3.05) is 0 Å². The molecule has 0 aliphatic rings. The van der Waals surface area contributed by atoms with Gasteiger partial charge >= 0.3 is 0 Å². The molecule has 0 saturated heterocycles. The van der Waals surface area contributed by atoms with E-state index in [1.807, 2.05) is 6.92 Å². The number of aromatic nitrogens is 2. The molecular weight excluding hydrogens is 320 g/mol. The van der Waals surface area contributed by atoms with E-state index < -0.39 is 29.0 Å². The Labute approximate surface area is 126 Å². The molecule has 0 amide bonds. The maximum atomic E-state index is 13.7. The summed E-state index contributed by atoms with van der Waals surface area (Å²) in [5, 5.41) is 0.452. The van der Waals surface area contributed by atoms with Gasteiger partial charge in [0.15, 0.2) is 11.6 Å². The van der Waals surface area contributed by atoms with Crippen molar-refractivity contribution in [3.8, 4) is 11.6 Å². The number of rotatable bonds is 2. The Balaban J connectivity index is 2.20. The Morgan fingerprint density at radius 3 is 2.27 bits per heavy atom. The Morgan fingerprint density at radius 2 is 1.64 bits per heavy atom. The van der Waals surface area contributed by atoms with Gasteiger partial charge in [-0.15, -0.1) is 11.3 Å². The van der Waals surface area contributed by atoms with Crippen LogP contribution in [0.2, 0.25) is 0 Å². The number of thiophene rings is 1. The van der Waals surface area contributed by atoms with Crippen LogP contribution in [0.25, 0.3) is 10.2 Å². The minimum Gasteiger partial charge on any atom is -0.432 e. The monoisotopic (exact) mass is 328 g/mol. The van der Waals surface area contributed by atoms with Gasteiger partial charge < -0.3 is 4.74 Å². The molecule has 0 atom stereocenters. The van der Waals surface area contributed by atoms with E-state index in [4.69, 9.17) is 4.74 Å². The average Bonchev–Trinajstić information content (AvgIpc) is 2.77. The van der Waals surface area contributed by atoms with Crippen LogP contribution in [0.4, 0.5) is 17.6 Å². The van der Waals surface area contributed by atoms with E-state index in [9.17, 15) is 17.6 Å². The van der Waals surface area contributed by atoms with E-state index in [0.29, 0.717) is 10.2 Å². The van der Waals surface area contributed by atoms with Crippen LogP contribution in [0.15, 0.2) is 12.4 Å². The molecule has 3 nitrogen and oxygen atoms in total. The van der Waals surface area contributed by atoms with Crippen LogP contribution in [-0.4, -0.2) is 9.97 Å². The zero-order valence-electron chi connectivity index (χ0n) is 11.4. The molecular formula is C14H8F4N2OS. The fourth-order valence-electron chi connectivity index (χ4n) is 1.97. The minimum atomic E-state index is -1.62. The molecule has 0 unspecified atom stereocenters. The van der Waals surface area contributed by atoms with Crippen LogP contribution in [0.3, 0.4) is 0 Å². The van der Waals surface area contributed by atoms with E-state index >= 15 is 0 Å². The largest absolute Gasteiger partial charge is 0.432 e. The van der Waals surface area contributed by atoms with Crippen molar-refractivity contribution < 1.29 is 22.3 Å². The summed E-state index contributed by atoms with van der Waals surface area (Å²) in [6.07, 6.45) is 1.15. The van der Waals surface area contributed by atoms with Gasteiger partial charge in [0.25, 0.3) is 0 Å². The summed E-state index contributed by atoms with van der Waals surface area (Å²) in [6.45, 7) is 3.61. The highest BCUT2D eigenvalue weighted by atomic mass is 32.1. The van der Waals surface area contributed by atoms with Crippen molar-refractivity contribution in [2.24, 2.45) is 0 Å². The van der Waals surface area contributed by atoms with E-state index in [-0.39, 0.29) is 11.9 Å². The van der Waals surface area contributed by atoms with Gasteiger partial charge in [0, 0.05) is 10.9 Å². The second kappa shape index (κ2) is 5.20. The van der Waals surface area contributed by atoms with Crippen molar-refractivity contribution in [1.29, 1.82) is 0 Å². The van der Waals surface area contributed by atoms with E-state index in [2.05, 4.69) is 9.97 Å². The maximum Gasteiger partial charge on any atom is 0.231 e. The first-order valence-corrected chi connectivity index (χ1v) is 6.93. The van der Waals surface area contributed by atoms with E-state index in [0.717, 1.165) is 16.8 Å². The molecule has 8 heteroatoms. The lowest BCUT2D eigenvalue weighted by molar-refractivity contribution is 0.361. The van der Waals surface area contributed by atoms with Gasteiger partial charge in [-0.1, -0.05) is 0 Å². The second-order valence-corrected chi connectivity index (χ2v) is 5.74. The minimum absolute atomic E-state index is 0.118. The molecule has 0 spiro atoms. The van der Waals surface area contributed by atoms with Gasteiger partial charge in [-0.2, -0.15) is 8.78 Å². The number of benzene rings is 1. The topological polar surface area (TPSA) is 35.0 Å². The summed E-state index contributed by atoms with van der Waals surface area (Å²) in [6, 6.07) is 0.118. The standard InChI is InChI=1S/C14H8F4N2OS/c1-5-6(2)22-14-9(5)13(19-4-20-14)21-12-10(17)7(15)3-8(16)11(12)18/h3-4H,1-2H3. The van der Waals surface area contributed by atoms with Crippen LogP contribution in [0.1, 0.15) is 10.4 Å². The third kappa shape index (κ3) is 2.19. The summed E-state index contributed by atoms with van der Waals surface area (Å²) in [5.41, 5.74) is 0.772. The number of aryl methyl sites for hydroxylation is 2. The van der Waals surface area contributed by atoms with Gasteiger partial charge in [-0.25, -0.2) is 18.7 Å². The molecule has 0 radical (unpaired) electrons. The lowest BCUT2D eigenvalue weighted by Crippen LogP contribution is -2.01. The molecule has 0 saturated carbocycles. The van der Waals surface area contributed by atoms with Crippen LogP contribution >= 0.6 is 11.3 Å². The lowest BCUT2D eigenvalue weighted by Gasteiger charge is -2.09. The number of hydrogen-bond acceptors (Lipinski definition) is 4. The highest BCUT2D eigenvalue weighted by Crippen LogP contribution is 2.37. The predicted octanol–water partition coefficient (Wildman–Crippen LogP) is 4.66. The van der Waals surface area contributed by atoms with Crippen molar-refractivity contribution in [3.63, 3.8) is 0 Å². The first kappa shape index (κ1) is 14.7. The van der Waals surface area contributed by atoms with E-state index in [1.165, 1.54) is 11.3 Å². The zero-order valence-corrected chi connectivity index (χ0v) is 12.2. The van der Waals surface area contributed by atoms with Crippen molar-refractivity contribution in [3.05, 3.63) is 46.1 Å². The van der Waals surface area contributed by atoms with Crippen LogP contribution in [0, 0.1) is 37.1 Å². The van der Waals surface area contributed by atoms with Gasteiger partial charge in [0.2, 0.25) is 23.3 Å².